The first-order valence-corrected chi connectivity index (χ1v) is 8.59. The van der Waals surface area contributed by atoms with Gasteiger partial charge in [0, 0.05) is 76.9 Å². The van der Waals surface area contributed by atoms with Crippen molar-refractivity contribution in [2.24, 2.45) is 0 Å². The van der Waals surface area contributed by atoms with Gasteiger partial charge in [-0.2, -0.15) is 24.3 Å². The molecule has 2 heterocycles. The average molecular weight is 546 g/mol. The van der Waals surface area contributed by atoms with Crippen LogP contribution in [0.3, 0.4) is 0 Å². The van der Waals surface area contributed by atoms with Crippen molar-refractivity contribution in [2.75, 3.05) is 20.3 Å². The van der Waals surface area contributed by atoms with Crippen LogP contribution in [0.5, 0.6) is 11.5 Å². The maximum atomic E-state index is 11.3. The number of fused-ring (bicyclic) bond motifs is 2. The van der Waals surface area contributed by atoms with E-state index in [1.54, 1.807) is 13.0 Å². The van der Waals surface area contributed by atoms with Gasteiger partial charge in [-0.15, -0.1) is 22.3 Å². The first-order valence-electron chi connectivity index (χ1n) is 8.59. The van der Waals surface area contributed by atoms with Gasteiger partial charge in [0.1, 0.15) is 0 Å². The van der Waals surface area contributed by atoms with Crippen LogP contribution >= 0.6 is 0 Å². The number of methoxy groups -OCH3 is 1. The van der Waals surface area contributed by atoms with Crippen LogP contribution < -0.4 is 9.47 Å². The second kappa shape index (κ2) is 11.5. The van der Waals surface area contributed by atoms with E-state index in [4.69, 9.17) is 14.6 Å². The zero-order chi connectivity index (χ0) is 19.6. The molecular weight excluding hydrogens is 526 g/mol. The molecule has 2 aliphatic rings. The summed E-state index contributed by atoms with van der Waals surface area (Å²) in [6, 6.07) is 9.18. The van der Waals surface area contributed by atoms with Gasteiger partial charge >= 0.3 is 0 Å². The van der Waals surface area contributed by atoms with Crippen molar-refractivity contribution in [1.29, 1.82) is 0 Å². The third-order valence-corrected chi connectivity index (χ3v) is 4.65. The van der Waals surface area contributed by atoms with Crippen molar-refractivity contribution in [2.45, 2.75) is 26.7 Å². The SMILES string of the molecule is COC(=O)c1c[c-]c2c(c1C)OCC2.Cc1c(C(=O)O)c[c-]c2c1OCC2.[Y].[Y]. The van der Waals surface area contributed by atoms with E-state index in [-0.39, 0.29) is 77.0 Å². The molecule has 2 aromatic carbocycles. The number of carboxylic acid groups (broad SMARTS) is 1. The smallest absolute Gasteiger partial charge is 0.281 e. The summed E-state index contributed by atoms with van der Waals surface area (Å²) in [5.74, 6) is 0.247. The summed E-state index contributed by atoms with van der Waals surface area (Å²) in [6.07, 6.45) is 1.70. The monoisotopic (exact) mass is 546 g/mol. The standard InChI is InChI=1S/C11H11O3.C10H9O3.2Y/c1-7-9(11(12)13-2)4-3-8-5-6-14-10(7)8;1-6-8(10(11)12)3-2-7-4-5-13-9(6)7;;/h4H,5-6H2,1-2H3;3H,4-5H2,1H3,(H,11,12);;/q2*-1;;. The normalized spacial score (nSPS) is 12.5. The van der Waals surface area contributed by atoms with Gasteiger partial charge in [-0.25, -0.2) is 0 Å². The molecule has 1 N–H and O–H groups in total. The third-order valence-electron chi connectivity index (χ3n) is 4.65. The number of ether oxygens (including phenoxy) is 3. The minimum atomic E-state index is -0.924. The number of carbonyl (C=O) groups is 2. The Balaban J connectivity index is 0.000000272. The number of hydrogen-bond donors (Lipinski definition) is 1. The zero-order valence-corrected chi connectivity index (χ0v) is 22.3. The van der Waals surface area contributed by atoms with E-state index in [1.165, 1.54) is 13.2 Å². The molecule has 0 atom stereocenters. The Labute approximate surface area is 220 Å². The topological polar surface area (TPSA) is 82.1 Å². The number of aromatic carboxylic acids is 1. The maximum absolute atomic E-state index is 11.3. The molecule has 0 aliphatic carbocycles. The van der Waals surface area contributed by atoms with Gasteiger partial charge in [-0.05, 0) is 24.0 Å². The Kier molecular flexibility index (Phi) is 10.4. The summed E-state index contributed by atoms with van der Waals surface area (Å²) >= 11 is 0. The van der Waals surface area contributed by atoms with Crippen LogP contribution in [-0.4, -0.2) is 37.4 Å². The summed E-state index contributed by atoms with van der Waals surface area (Å²) in [4.78, 5) is 22.1. The second-order valence-electron chi connectivity index (χ2n) is 6.26. The van der Waals surface area contributed by atoms with Gasteiger partial charge in [-0.1, -0.05) is 13.8 Å². The van der Waals surface area contributed by atoms with Crippen LogP contribution in [0.15, 0.2) is 12.1 Å². The van der Waals surface area contributed by atoms with Crippen molar-refractivity contribution < 1.29 is 94.3 Å². The summed E-state index contributed by atoms with van der Waals surface area (Å²) in [7, 11) is 1.37. The number of esters is 1. The number of hydrogen-bond acceptors (Lipinski definition) is 5. The maximum Gasteiger partial charge on any atom is 0.281 e. The summed E-state index contributed by atoms with van der Waals surface area (Å²) in [5, 5.41) is 8.82. The van der Waals surface area contributed by atoms with Crippen molar-refractivity contribution >= 4 is 11.9 Å². The molecule has 0 saturated heterocycles. The summed E-state index contributed by atoms with van der Waals surface area (Å²) in [6.45, 7) is 4.94. The fraction of sp³-hybridized carbons (Fsp3) is 0.333. The molecule has 0 saturated carbocycles. The van der Waals surface area contributed by atoms with Gasteiger partial charge in [0.2, 0.25) is 0 Å². The molecule has 2 radical (unpaired) electrons. The quantitative estimate of drug-likeness (QED) is 0.461. The molecular formula is C21H20O6Y2-2. The first-order chi connectivity index (χ1) is 12.9. The van der Waals surface area contributed by atoms with Crippen molar-refractivity contribution in [3.63, 3.8) is 0 Å². The van der Waals surface area contributed by atoms with E-state index in [9.17, 15) is 9.59 Å². The molecule has 0 fully saturated rings. The molecule has 0 spiro atoms. The van der Waals surface area contributed by atoms with Gasteiger partial charge < -0.3 is 19.3 Å². The van der Waals surface area contributed by atoms with Gasteiger partial charge in [0.05, 0.1) is 20.3 Å². The van der Waals surface area contributed by atoms with E-state index in [2.05, 4.69) is 16.9 Å². The Hall–Kier alpha value is -0.812. The van der Waals surface area contributed by atoms with Gasteiger partial charge in [-0.3, -0.25) is 9.59 Å². The molecule has 0 bridgehead atoms. The van der Waals surface area contributed by atoms with Crippen molar-refractivity contribution in [1.82, 2.24) is 0 Å². The van der Waals surface area contributed by atoms with Crippen LogP contribution in [0, 0.1) is 26.0 Å². The van der Waals surface area contributed by atoms with E-state index in [0.29, 0.717) is 30.1 Å². The summed E-state index contributed by atoms with van der Waals surface area (Å²) < 4.78 is 15.4. The number of carbonyl (C=O) groups excluding carboxylic acids is 1. The molecule has 8 heteroatoms. The molecule has 0 aromatic heterocycles. The molecule has 2 aliphatic heterocycles. The second-order valence-corrected chi connectivity index (χ2v) is 6.26. The zero-order valence-electron chi connectivity index (χ0n) is 16.6. The van der Waals surface area contributed by atoms with E-state index in [0.717, 1.165) is 35.3 Å². The van der Waals surface area contributed by atoms with Crippen LogP contribution in [0.1, 0.15) is 43.0 Å². The van der Waals surface area contributed by atoms with Gasteiger partial charge in [0.25, 0.3) is 11.9 Å². The van der Waals surface area contributed by atoms with Gasteiger partial charge in [0.15, 0.2) is 0 Å². The van der Waals surface area contributed by atoms with E-state index in [1.807, 2.05) is 6.92 Å². The summed E-state index contributed by atoms with van der Waals surface area (Å²) in [5.41, 5.74) is 4.41. The minimum absolute atomic E-state index is 0. The Morgan fingerprint density at radius 3 is 1.83 bits per heavy atom. The number of benzene rings is 2. The molecule has 4 rings (SSSR count). The molecule has 0 unspecified atom stereocenters. The van der Waals surface area contributed by atoms with Crippen molar-refractivity contribution in [3.05, 3.63) is 57.6 Å². The van der Waals surface area contributed by atoms with Crippen molar-refractivity contribution in [3.8, 4) is 11.5 Å². The molecule has 2 aromatic rings. The Morgan fingerprint density at radius 1 is 0.931 bits per heavy atom. The van der Waals surface area contributed by atoms with E-state index < -0.39 is 5.97 Å². The predicted molar refractivity (Wildman–Crippen MR) is 96.7 cm³/mol. The Bertz CT molecular complexity index is 911. The van der Waals surface area contributed by atoms with Crippen LogP contribution in [0.25, 0.3) is 0 Å². The number of carboxylic acids is 1. The molecule has 0 amide bonds. The number of rotatable bonds is 2. The minimum Gasteiger partial charge on any atom is -0.550 e. The molecule has 6 nitrogen and oxygen atoms in total. The molecule has 29 heavy (non-hydrogen) atoms. The fourth-order valence-corrected chi connectivity index (χ4v) is 3.18. The Morgan fingerprint density at radius 2 is 1.38 bits per heavy atom. The fourth-order valence-electron chi connectivity index (χ4n) is 3.18. The van der Waals surface area contributed by atoms with Crippen LogP contribution in [-0.2, 0) is 83.0 Å². The third kappa shape index (κ3) is 5.66. The largest absolute Gasteiger partial charge is 0.550 e. The van der Waals surface area contributed by atoms with Crippen LogP contribution in [0.4, 0.5) is 0 Å². The van der Waals surface area contributed by atoms with Crippen LogP contribution in [0.2, 0.25) is 0 Å². The molecule has 148 valence electrons. The first kappa shape index (κ1) is 26.2. The average Bonchev–Trinajstić information content (AvgIpc) is 3.31. The predicted octanol–water partition coefficient (Wildman–Crippen LogP) is 2.94. The van der Waals surface area contributed by atoms with E-state index >= 15 is 0 Å².